The third-order valence-electron chi connectivity index (χ3n) is 3.52. The van der Waals surface area contributed by atoms with E-state index in [-0.39, 0.29) is 17.4 Å². The Bertz CT molecular complexity index is 868. The number of phenolic OH excluding ortho intramolecular Hbond substituents is 1. The number of amides is 1. The van der Waals surface area contributed by atoms with E-state index in [0.717, 1.165) is 12.0 Å². The van der Waals surface area contributed by atoms with Crippen LogP contribution in [0.5, 0.6) is 5.75 Å². The summed E-state index contributed by atoms with van der Waals surface area (Å²) in [4.78, 5) is 12.0. The van der Waals surface area contributed by atoms with Crippen molar-refractivity contribution in [3.8, 4) is 11.4 Å². The Labute approximate surface area is 159 Å². The second-order valence-corrected chi connectivity index (χ2v) is 6.78. The zero-order valence-corrected chi connectivity index (χ0v) is 15.2. The van der Waals surface area contributed by atoms with Crippen LogP contribution in [0.3, 0.4) is 0 Å². The number of rotatable bonds is 7. The Kier molecular flexibility index (Phi) is 6.08. The highest BCUT2D eigenvalue weighted by Gasteiger charge is 2.11. The maximum absolute atomic E-state index is 12.0. The molecule has 3 rings (SSSR count). The third-order valence-corrected chi connectivity index (χ3v) is 4.69. The fourth-order valence-corrected chi connectivity index (χ4v) is 3.05. The number of carbonyl (C=O) groups excluding carboxylic acids is 1. The van der Waals surface area contributed by atoms with Gasteiger partial charge < -0.3 is 10.4 Å². The van der Waals surface area contributed by atoms with Crippen molar-refractivity contribution in [3.63, 3.8) is 0 Å². The molecular weight excluding hydrogens is 374 g/mol. The first-order valence-electron chi connectivity index (χ1n) is 7.83. The van der Waals surface area contributed by atoms with Gasteiger partial charge in [-0.15, -0.1) is 5.10 Å². The first-order valence-corrected chi connectivity index (χ1v) is 9.20. The molecule has 2 aromatic carbocycles. The summed E-state index contributed by atoms with van der Waals surface area (Å²) >= 11 is 7.09. The van der Waals surface area contributed by atoms with Crippen molar-refractivity contribution >= 4 is 29.3 Å². The van der Waals surface area contributed by atoms with Gasteiger partial charge in [-0.25, -0.2) is 0 Å². The van der Waals surface area contributed by atoms with E-state index in [4.69, 9.17) is 11.6 Å². The molecule has 0 radical (unpaired) electrons. The molecule has 7 nitrogen and oxygen atoms in total. The molecule has 134 valence electrons. The molecule has 2 N–H and O–H groups in total. The number of nitrogens with one attached hydrogen (secondary N) is 1. The van der Waals surface area contributed by atoms with Gasteiger partial charge in [-0.2, -0.15) is 4.68 Å². The van der Waals surface area contributed by atoms with Gasteiger partial charge in [0.25, 0.3) is 0 Å². The number of hydrogen-bond acceptors (Lipinski definition) is 6. The summed E-state index contributed by atoms with van der Waals surface area (Å²) in [6.07, 6.45) is 0.735. The van der Waals surface area contributed by atoms with E-state index < -0.39 is 0 Å². The fraction of sp³-hybridized carbons (Fsp3) is 0.176. The van der Waals surface area contributed by atoms with Crippen LogP contribution < -0.4 is 5.32 Å². The van der Waals surface area contributed by atoms with Crippen LogP contribution in [0.2, 0.25) is 5.02 Å². The van der Waals surface area contributed by atoms with Gasteiger partial charge in [-0.3, -0.25) is 4.79 Å². The van der Waals surface area contributed by atoms with Crippen LogP contribution in [-0.2, 0) is 11.2 Å². The Morgan fingerprint density at radius 1 is 1.15 bits per heavy atom. The van der Waals surface area contributed by atoms with E-state index in [1.807, 2.05) is 24.3 Å². The normalized spacial score (nSPS) is 10.7. The molecule has 0 aliphatic rings. The molecule has 0 unspecified atom stereocenters. The minimum atomic E-state index is -0.0933. The van der Waals surface area contributed by atoms with Crippen molar-refractivity contribution in [2.45, 2.75) is 11.6 Å². The van der Waals surface area contributed by atoms with E-state index >= 15 is 0 Å². The Hall–Kier alpha value is -2.58. The van der Waals surface area contributed by atoms with Crippen LogP contribution in [0.15, 0.2) is 53.7 Å². The molecule has 1 heterocycles. The monoisotopic (exact) mass is 389 g/mol. The standard InChI is InChI=1S/C17H16ClN5O2S/c18-13-3-1-12(2-4-13)9-10-19-16(25)11-26-17-20-21-22-23(17)14-5-7-15(24)8-6-14/h1-8,24H,9-11H2,(H,19,25). The van der Waals surface area contributed by atoms with E-state index in [1.54, 1.807) is 24.3 Å². The van der Waals surface area contributed by atoms with Crippen molar-refractivity contribution in [2.75, 3.05) is 12.3 Å². The number of halogens is 1. The van der Waals surface area contributed by atoms with E-state index in [2.05, 4.69) is 20.8 Å². The number of aromatic nitrogens is 4. The second kappa shape index (κ2) is 8.68. The van der Waals surface area contributed by atoms with Gasteiger partial charge in [0.1, 0.15) is 5.75 Å². The minimum absolute atomic E-state index is 0.0933. The van der Waals surface area contributed by atoms with Gasteiger partial charge in [0.05, 0.1) is 11.4 Å². The zero-order valence-electron chi connectivity index (χ0n) is 13.7. The van der Waals surface area contributed by atoms with Crippen molar-refractivity contribution < 1.29 is 9.90 Å². The molecule has 0 fully saturated rings. The summed E-state index contributed by atoms with van der Waals surface area (Å²) in [5.41, 5.74) is 1.82. The number of carbonyl (C=O) groups is 1. The summed E-state index contributed by atoms with van der Waals surface area (Å²) in [7, 11) is 0. The van der Waals surface area contributed by atoms with Crippen LogP contribution in [0.4, 0.5) is 0 Å². The summed E-state index contributed by atoms with van der Waals surface area (Å²) < 4.78 is 1.52. The van der Waals surface area contributed by atoms with Crippen LogP contribution >= 0.6 is 23.4 Å². The van der Waals surface area contributed by atoms with E-state index in [0.29, 0.717) is 22.4 Å². The topological polar surface area (TPSA) is 92.9 Å². The van der Waals surface area contributed by atoms with Crippen molar-refractivity contribution in [2.24, 2.45) is 0 Å². The smallest absolute Gasteiger partial charge is 0.230 e. The molecular formula is C17H16ClN5O2S. The van der Waals surface area contributed by atoms with E-state index in [9.17, 15) is 9.90 Å². The van der Waals surface area contributed by atoms with Crippen molar-refractivity contribution in [1.29, 1.82) is 0 Å². The predicted molar refractivity (Wildman–Crippen MR) is 99.7 cm³/mol. The number of nitrogens with zero attached hydrogens (tertiary/aromatic N) is 4. The van der Waals surface area contributed by atoms with Gasteiger partial charge in [-0.1, -0.05) is 35.5 Å². The molecule has 0 atom stereocenters. The molecule has 0 bridgehead atoms. The summed E-state index contributed by atoms with van der Waals surface area (Å²) in [6, 6.07) is 14.0. The van der Waals surface area contributed by atoms with Gasteiger partial charge in [-0.05, 0) is 58.8 Å². The lowest BCUT2D eigenvalue weighted by Crippen LogP contribution is -2.27. The maximum atomic E-state index is 12.0. The molecule has 1 aromatic heterocycles. The SMILES string of the molecule is O=C(CSc1nnnn1-c1ccc(O)cc1)NCCc1ccc(Cl)cc1. The van der Waals surface area contributed by atoms with Crippen LogP contribution in [0, 0.1) is 0 Å². The van der Waals surface area contributed by atoms with Crippen LogP contribution in [-0.4, -0.2) is 43.5 Å². The third kappa shape index (κ3) is 4.96. The highest BCUT2D eigenvalue weighted by molar-refractivity contribution is 7.99. The maximum Gasteiger partial charge on any atom is 0.230 e. The molecule has 0 aliphatic carbocycles. The highest BCUT2D eigenvalue weighted by Crippen LogP contribution is 2.19. The molecule has 0 saturated heterocycles. The van der Waals surface area contributed by atoms with E-state index in [1.165, 1.54) is 16.4 Å². The molecule has 3 aromatic rings. The molecule has 0 spiro atoms. The number of tetrazole rings is 1. The minimum Gasteiger partial charge on any atom is -0.508 e. The largest absolute Gasteiger partial charge is 0.508 e. The van der Waals surface area contributed by atoms with Gasteiger partial charge >= 0.3 is 0 Å². The first-order chi connectivity index (χ1) is 12.6. The molecule has 0 aliphatic heterocycles. The van der Waals surface area contributed by atoms with Crippen LogP contribution in [0.25, 0.3) is 5.69 Å². The predicted octanol–water partition coefficient (Wildman–Crippen LogP) is 2.47. The Morgan fingerprint density at radius 2 is 1.88 bits per heavy atom. The van der Waals surface area contributed by atoms with Gasteiger partial charge in [0, 0.05) is 11.6 Å². The second-order valence-electron chi connectivity index (χ2n) is 5.40. The lowest BCUT2D eigenvalue weighted by Gasteiger charge is -2.06. The number of aromatic hydroxyl groups is 1. The molecule has 9 heteroatoms. The quantitative estimate of drug-likeness (QED) is 0.603. The lowest BCUT2D eigenvalue weighted by molar-refractivity contribution is -0.118. The molecule has 0 saturated carbocycles. The van der Waals surface area contributed by atoms with Crippen molar-refractivity contribution in [3.05, 3.63) is 59.1 Å². The van der Waals surface area contributed by atoms with Crippen LogP contribution in [0.1, 0.15) is 5.56 Å². The number of benzene rings is 2. The number of hydrogen-bond donors (Lipinski definition) is 2. The fourth-order valence-electron chi connectivity index (χ4n) is 2.20. The zero-order chi connectivity index (χ0) is 18.4. The average molecular weight is 390 g/mol. The van der Waals surface area contributed by atoms with Gasteiger partial charge in [0.15, 0.2) is 0 Å². The van der Waals surface area contributed by atoms with Crippen molar-refractivity contribution in [1.82, 2.24) is 25.5 Å². The van der Waals surface area contributed by atoms with Gasteiger partial charge in [0.2, 0.25) is 11.1 Å². The summed E-state index contributed by atoms with van der Waals surface area (Å²) in [6.45, 7) is 0.546. The average Bonchev–Trinajstić information content (AvgIpc) is 3.11. The Morgan fingerprint density at radius 3 is 2.62 bits per heavy atom. The molecule has 1 amide bonds. The number of phenols is 1. The molecule has 26 heavy (non-hydrogen) atoms. The lowest BCUT2D eigenvalue weighted by atomic mass is 10.1. The summed E-state index contributed by atoms with van der Waals surface area (Å²) in [5.74, 6) is 0.277. The Balaban J connectivity index is 1.48. The number of thioether (sulfide) groups is 1. The summed E-state index contributed by atoms with van der Waals surface area (Å²) in [5, 5.41) is 24.9. The first kappa shape index (κ1) is 18.2. The highest BCUT2D eigenvalue weighted by atomic mass is 35.5.